The zero-order valence-corrected chi connectivity index (χ0v) is 17.5. The molecule has 0 aliphatic heterocycles. The molecule has 8 heteroatoms. The Balaban J connectivity index is 1.89. The van der Waals surface area contributed by atoms with Crippen molar-refractivity contribution in [3.05, 3.63) is 76.3 Å². The van der Waals surface area contributed by atoms with Crippen LogP contribution in [0, 0.1) is 12.7 Å². The highest BCUT2D eigenvalue weighted by Gasteiger charge is 2.19. The Morgan fingerprint density at radius 3 is 2.58 bits per heavy atom. The maximum Gasteiger partial charge on any atom is 0.267 e. The second-order valence-corrected chi connectivity index (χ2v) is 7.11. The van der Waals surface area contributed by atoms with Crippen LogP contribution in [0.3, 0.4) is 0 Å². The van der Waals surface area contributed by atoms with Crippen molar-refractivity contribution in [1.29, 1.82) is 0 Å². The minimum Gasteiger partial charge on any atom is -0.326 e. The number of aryl methyl sites for hydroxylation is 1. The van der Waals surface area contributed by atoms with Crippen LogP contribution in [0.4, 0.5) is 15.8 Å². The molecule has 7 nitrogen and oxygen atoms in total. The highest BCUT2D eigenvalue weighted by molar-refractivity contribution is 5.93. The van der Waals surface area contributed by atoms with Gasteiger partial charge in [0.15, 0.2) is 0 Å². The number of nitrogens with zero attached hydrogens (tertiary/aromatic N) is 2. The van der Waals surface area contributed by atoms with Gasteiger partial charge in [0.1, 0.15) is 11.9 Å². The smallest absolute Gasteiger partial charge is 0.267 e. The summed E-state index contributed by atoms with van der Waals surface area (Å²) >= 11 is 0. The van der Waals surface area contributed by atoms with Crippen molar-refractivity contribution in [3.63, 3.8) is 0 Å². The lowest BCUT2D eigenvalue weighted by atomic mass is 10.1. The Kier molecular flexibility index (Phi) is 6.59. The molecule has 2 N–H and O–H groups in total. The highest BCUT2D eigenvalue weighted by atomic mass is 19.1. The van der Waals surface area contributed by atoms with Gasteiger partial charge in [-0.05, 0) is 49.7 Å². The van der Waals surface area contributed by atoms with Gasteiger partial charge in [-0.15, -0.1) is 0 Å². The Bertz CT molecular complexity index is 1190. The number of nitrogens with one attached hydrogen (secondary N) is 2. The fourth-order valence-electron chi connectivity index (χ4n) is 2.94. The third kappa shape index (κ3) is 5.22. The van der Waals surface area contributed by atoms with Gasteiger partial charge in [-0.25, -0.2) is 9.07 Å². The molecule has 0 saturated carbocycles. The van der Waals surface area contributed by atoms with Gasteiger partial charge in [0, 0.05) is 29.4 Å². The van der Waals surface area contributed by atoms with Gasteiger partial charge in [0.2, 0.25) is 11.8 Å². The van der Waals surface area contributed by atoms with Crippen molar-refractivity contribution in [2.24, 2.45) is 0 Å². The third-order valence-electron chi connectivity index (χ3n) is 4.79. The fraction of sp³-hybridized carbons (Fsp3) is 0.217. The molecule has 2 aromatic carbocycles. The van der Waals surface area contributed by atoms with Gasteiger partial charge in [0.05, 0.1) is 5.69 Å². The lowest BCUT2D eigenvalue weighted by molar-refractivity contribution is -0.119. The quantitative estimate of drug-likeness (QED) is 0.630. The molecule has 3 rings (SSSR count). The maximum absolute atomic E-state index is 13.4. The van der Waals surface area contributed by atoms with E-state index >= 15 is 0 Å². The summed E-state index contributed by atoms with van der Waals surface area (Å²) in [4.78, 5) is 36.7. The first kappa shape index (κ1) is 21.9. The van der Waals surface area contributed by atoms with Crippen molar-refractivity contribution < 1.29 is 14.0 Å². The zero-order valence-electron chi connectivity index (χ0n) is 17.5. The Morgan fingerprint density at radius 1 is 1.10 bits per heavy atom. The summed E-state index contributed by atoms with van der Waals surface area (Å²) in [5.41, 5.74) is 2.54. The van der Waals surface area contributed by atoms with E-state index in [1.807, 2.05) is 19.1 Å². The van der Waals surface area contributed by atoms with E-state index in [-0.39, 0.29) is 11.6 Å². The minimum absolute atomic E-state index is 0.110. The molecule has 1 heterocycles. The first-order valence-corrected chi connectivity index (χ1v) is 9.85. The number of halogens is 1. The summed E-state index contributed by atoms with van der Waals surface area (Å²) < 4.78 is 14.4. The maximum atomic E-state index is 13.4. The Labute approximate surface area is 178 Å². The zero-order chi connectivity index (χ0) is 22.5. The predicted octanol–water partition coefficient (Wildman–Crippen LogP) is 3.91. The standard InChI is InChI=1S/C23H23FN4O3/c1-4-21(29)26-20-12-16(9-8-14(20)2)19-10-11-22(30)28(27-19)15(3)23(31)25-18-7-5-6-17(24)13-18/h5-13,15H,4H2,1-3H3,(H,25,31)(H,26,29)/t15-/m1/s1. The molecule has 31 heavy (non-hydrogen) atoms. The number of anilines is 2. The number of rotatable bonds is 6. The number of hydrogen-bond donors (Lipinski definition) is 2. The van der Waals surface area contributed by atoms with E-state index in [9.17, 15) is 18.8 Å². The molecule has 1 atom stereocenters. The number of carbonyl (C=O) groups is 2. The molecule has 1 aromatic heterocycles. The van der Waals surface area contributed by atoms with Crippen LogP contribution in [0.2, 0.25) is 0 Å². The van der Waals surface area contributed by atoms with Crippen molar-refractivity contribution >= 4 is 23.2 Å². The number of amides is 2. The van der Waals surface area contributed by atoms with E-state index in [1.165, 1.54) is 31.2 Å². The first-order chi connectivity index (χ1) is 14.8. The van der Waals surface area contributed by atoms with Crippen LogP contribution in [-0.2, 0) is 9.59 Å². The van der Waals surface area contributed by atoms with E-state index in [2.05, 4.69) is 15.7 Å². The summed E-state index contributed by atoms with van der Waals surface area (Å²) in [6.45, 7) is 5.18. The van der Waals surface area contributed by atoms with Crippen LogP contribution >= 0.6 is 0 Å². The van der Waals surface area contributed by atoms with Crippen molar-refractivity contribution in [2.75, 3.05) is 10.6 Å². The van der Waals surface area contributed by atoms with Gasteiger partial charge in [-0.2, -0.15) is 5.10 Å². The van der Waals surface area contributed by atoms with Gasteiger partial charge >= 0.3 is 0 Å². The van der Waals surface area contributed by atoms with E-state index in [4.69, 9.17) is 0 Å². The lowest BCUT2D eigenvalue weighted by Gasteiger charge is -2.16. The van der Waals surface area contributed by atoms with Gasteiger partial charge in [-0.1, -0.05) is 25.1 Å². The molecule has 0 bridgehead atoms. The van der Waals surface area contributed by atoms with Crippen molar-refractivity contribution in [1.82, 2.24) is 9.78 Å². The second-order valence-electron chi connectivity index (χ2n) is 7.11. The van der Waals surface area contributed by atoms with Crippen LogP contribution in [-0.4, -0.2) is 21.6 Å². The number of benzene rings is 2. The van der Waals surface area contributed by atoms with Crippen molar-refractivity contribution in [3.8, 4) is 11.3 Å². The summed E-state index contributed by atoms with van der Waals surface area (Å²) in [7, 11) is 0. The summed E-state index contributed by atoms with van der Waals surface area (Å²) in [5, 5.41) is 9.77. The van der Waals surface area contributed by atoms with Crippen LogP contribution in [0.25, 0.3) is 11.3 Å². The number of carbonyl (C=O) groups excluding carboxylic acids is 2. The molecule has 0 fully saturated rings. The Hall–Kier alpha value is -3.81. The normalized spacial score (nSPS) is 11.6. The molecule has 0 aliphatic rings. The van der Waals surface area contributed by atoms with E-state index in [0.717, 1.165) is 10.2 Å². The van der Waals surface area contributed by atoms with E-state index in [0.29, 0.717) is 23.4 Å². The third-order valence-corrected chi connectivity index (χ3v) is 4.79. The molecular formula is C23H23FN4O3. The average Bonchev–Trinajstić information content (AvgIpc) is 2.75. The number of aromatic nitrogens is 2. The van der Waals surface area contributed by atoms with Crippen LogP contribution in [0.1, 0.15) is 31.9 Å². The molecular weight excluding hydrogens is 399 g/mol. The first-order valence-electron chi connectivity index (χ1n) is 9.85. The topological polar surface area (TPSA) is 93.1 Å². The van der Waals surface area contributed by atoms with E-state index < -0.39 is 23.3 Å². The Morgan fingerprint density at radius 2 is 1.87 bits per heavy atom. The van der Waals surface area contributed by atoms with Gasteiger partial charge in [0.25, 0.3) is 5.56 Å². The minimum atomic E-state index is -0.930. The molecule has 160 valence electrons. The van der Waals surface area contributed by atoms with Crippen molar-refractivity contribution in [2.45, 2.75) is 33.2 Å². The second kappa shape index (κ2) is 9.34. The molecule has 0 saturated heterocycles. The predicted molar refractivity (Wildman–Crippen MR) is 117 cm³/mol. The van der Waals surface area contributed by atoms with Gasteiger partial charge < -0.3 is 10.6 Å². The molecule has 0 spiro atoms. The van der Waals surface area contributed by atoms with Crippen LogP contribution in [0.15, 0.2) is 59.4 Å². The largest absolute Gasteiger partial charge is 0.326 e. The summed E-state index contributed by atoms with van der Waals surface area (Å²) in [6, 6.07) is 12.9. The fourth-order valence-corrected chi connectivity index (χ4v) is 2.94. The van der Waals surface area contributed by atoms with Crippen LogP contribution in [0.5, 0.6) is 0 Å². The molecule has 3 aromatic rings. The molecule has 0 aliphatic carbocycles. The SMILES string of the molecule is CCC(=O)Nc1cc(-c2ccc(=O)n([C@H](C)C(=O)Nc3cccc(F)c3)n2)ccc1C. The molecule has 2 amide bonds. The van der Waals surface area contributed by atoms with Crippen LogP contribution < -0.4 is 16.2 Å². The molecule has 0 unspecified atom stereocenters. The molecule has 0 radical (unpaired) electrons. The summed E-state index contributed by atoms with van der Waals surface area (Å²) in [6.07, 6.45) is 0.352. The summed E-state index contributed by atoms with van der Waals surface area (Å²) in [5.74, 6) is -1.09. The van der Waals surface area contributed by atoms with E-state index in [1.54, 1.807) is 25.1 Å². The monoisotopic (exact) mass is 422 g/mol. The van der Waals surface area contributed by atoms with Gasteiger partial charge in [-0.3, -0.25) is 14.4 Å². The highest BCUT2D eigenvalue weighted by Crippen LogP contribution is 2.24. The number of hydrogen-bond acceptors (Lipinski definition) is 4. The average molecular weight is 422 g/mol. The lowest BCUT2D eigenvalue weighted by Crippen LogP contribution is -2.33.